The molecule has 0 aromatic heterocycles. The van der Waals surface area contributed by atoms with Gasteiger partial charge in [-0.2, -0.15) is 0 Å². The zero-order valence-corrected chi connectivity index (χ0v) is 12.9. The quantitative estimate of drug-likeness (QED) is 0.309. The van der Waals surface area contributed by atoms with Gasteiger partial charge in [0.2, 0.25) is 0 Å². The van der Waals surface area contributed by atoms with Crippen LogP contribution in [0.25, 0.3) is 0 Å². The van der Waals surface area contributed by atoms with Crippen LogP contribution in [0.5, 0.6) is 0 Å². The fraction of sp³-hybridized carbons (Fsp3) is 0.700. The number of nitrogens with zero attached hydrogens (tertiary/aromatic N) is 1. The minimum atomic E-state index is -1.97. The van der Waals surface area contributed by atoms with Crippen molar-refractivity contribution in [2.75, 3.05) is 0 Å². The minimum Gasteiger partial charge on any atom is -0.404 e. The molecule has 0 aromatic rings. The van der Waals surface area contributed by atoms with E-state index < -0.39 is 18.8 Å². The van der Waals surface area contributed by atoms with E-state index in [1.165, 1.54) is 6.20 Å². The van der Waals surface area contributed by atoms with E-state index in [4.69, 9.17) is 11.1 Å². The summed E-state index contributed by atoms with van der Waals surface area (Å²) < 4.78 is 16.3. The molecule has 0 aliphatic rings. The second-order valence-electron chi connectivity index (χ2n) is 5.38. The van der Waals surface area contributed by atoms with Crippen LogP contribution in [0.4, 0.5) is 0 Å². The third-order valence-corrected chi connectivity index (χ3v) is 10.1. The van der Waals surface area contributed by atoms with E-state index in [-0.39, 0.29) is 10.1 Å². The fourth-order valence-electron chi connectivity index (χ4n) is 0.657. The standard InChI is InChI=1S/C10H23N3OSSi/c1-8(7-11)9(12)15(14)13-16(5,6)10(2,3)4/h7,12,15H,11H2,1-6H3/b8-7-,12-9?. The van der Waals surface area contributed by atoms with E-state index in [2.05, 4.69) is 37.9 Å². The number of nitrogens with two attached hydrogens (primary N) is 1. The Labute approximate surface area is 101 Å². The third kappa shape index (κ3) is 3.75. The smallest absolute Gasteiger partial charge is 0.193 e. The number of hydrogen-bond donors (Lipinski definition) is 3. The van der Waals surface area contributed by atoms with E-state index in [9.17, 15) is 4.21 Å². The Morgan fingerprint density at radius 3 is 2.19 bits per heavy atom. The van der Waals surface area contributed by atoms with Gasteiger partial charge in [-0.1, -0.05) is 20.8 Å². The van der Waals surface area contributed by atoms with Gasteiger partial charge in [0.25, 0.3) is 0 Å². The first-order chi connectivity index (χ1) is 7.03. The summed E-state index contributed by atoms with van der Waals surface area (Å²) in [5, 5.41) is 7.77. The molecule has 4 nitrogen and oxygen atoms in total. The predicted octanol–water partition coefficient (Wildman–Crippen LogP) is 2.50. The molecule has 1 atom stereocenters. The predicted molar refractivity (Wildman–Crippen MR) is 74.8 cm³/mol. The lowest BCUT2D eigenvalue weighted by Crippen LogP contribution is -2.35. The molecule has 0 aliphatic heterocycles. The van der Waals surface area contributed by atoms with E-state index in [0.29, 0.717) is 5.57 Å². The average Bonchev–Trinajstić information content (AvgIpc) is 2.12. The molecular weight excluding hydrogens is 238 g/mol. The second-order valence-corrected chi connectivity index (χ2v) is 11.8. The highest BCUT2D eigenvalue weighted by Gasteiger charge is 2.36. The molecule has 0 saturated heterocycles. The summed E-state index contributed by atoms with van der Waals surface area (Å²) in [5.74, 6) is 0. The van der Waals surface area contributed by atoms with Crippen LogP contribution in [0, 0.1) is 5.41 Å². The maximum absolute atomic E-state index is 11.9. The number of rotatable bonds is 2. The number of hydrogen-bond acceptors (Lipinski definition) is 4. The maximum atomic E-state index is 11.9. The molecule has 0 fully saturated rings. The SMILES string of the molecule is C/C(=C/N)C(=N)[SH](=O)=N[Si](C)(C)C(C)(C)C. The van der Waals surface area contributed by atoms with Crippen LogP contribution in [-0.4, -0.2) is 17.5 Å². The van der Waals surface area contributed by atoms with Gasteiger partial charge >= 0.3 is 0 Å². The van der Waals surface area contributed by atoms with Crippen LogP contribution < -0.4 is 5.73 Å². The van der Waals surface area contributed by atoms with E-state index in [0.717, 1.165) is 0 Å². The zero-order valence-electron chi connectivity index (χ0n) is 11.0. The Bertz CT molecular complexity index is 387. The van der Waals surface area contributed by atoms with Gasteiger partial charge in [0.15, 0.2) is 8.24 Å². The van der Waals surface area contributed by atoms with Gasteiger partial charge in [-0.3, -0.25) is 9.44 Å². The van der Waals surface area contributed by atoms with Gasteiger partial charge < -0.3 is 5.73 Å². The highest BCUT2D eigenvalue weighted by atomic mass is 32.2. The Balaban J connectivity index is 5.23. The normalized spacial score (nSPS) is 16.2. The Kier molecular flexibility index (Phi) is 4.94. The van der Waals surface area contributed by atoms with Crippen LogP contribution in [0.2, 0.25) is 18.1 Å². The first-order valence-corrected chi connectivity index (χ1v) is 9.36. The van der Waals surface area contributed by atoms with Crippen molar-refractivity contribution < 1.29 is 4.21 Å². The third-order valence-electron chi connectivity index (χ3n) is 2.99. The molecule has 6 heteroatoms. The van der Waals surface area contributed by atoms with Crippen molar-refractivity contribution in [3.63, 3.8) is 0 Å². The summed E-state index contributed by atoms with van der Waals surface area (Å²) >= 11 is 0. The second kappa shape index (κ2) is 5.14. The van der Waals surface area contributed by atoms with Gasteiger partial charge in [-0.05, 0) is 36.8 Å². The molecule has 0 radical (unpaired) electrons. The van der Waals surface area contributed by atoms with Crippen LogP contribution >= 0.6 is 0 Å². The molecule has 1 unspecified atom stereocenters. The molecule has 0 rings (SSSR count). The molecule has 0 amide bonds. The lowest BCUT2D eigenvalue weighted by molar-refractivity contribution is 0.691. The van der Waals surface area contributed by atoms with Crippen molar-refractivity contribution in [3.05, 3.63) is 11.8 Å². The van der Waals surface area contributed by atoms with Crippen molar-refractivity contribution >= 4 is 23.9 Å². The molecule has 16 heavy (non-hydrogen) atoms. The highest BCUT2D eigenvalue weighted by Crippen LogP contribution is 2.36. The first kappa shape index (κ1) is 15.4. The molecule has 0 heterocycles. The monoisotopic (exact) mass is 261 g/mol. The Hall–Kier alpha value is -0.623. The number of nitrogens with one attached hydrogen (secondary N) is 1. The topological polar surface area (TPSA) is 79.3 Å². The van der Waals surface area contributed by atoms with Crippen molar-refractivity contribution in [3.8, 4) is 0 Å². The highest BCUT2D eigenvalue weighted by molar-refractivity contribution is 7.92. The fourth-order valence-corrected chi connectivity index (χ4v) is 4.45. The Morgan fingerprint density at radius 2 is 1.88 bits per heavy atom. The molecular formula is C10H23N3OSSi. The van der Waals surface area contributed by atoms with Gasteiger partial charge in [0.1, 0.15) is 5.04 Å². The largest absolute Gasteiger partial charge is 0.404 e. The molecule has 94 valence electrons. The molecule has 0 saturated carbocycles. The van der Waals surface area contributed by atoms with E-state index in [1.807, 2.05) is 0 Å². The summed E-state index contributed by atoms with van der Waals surface area (Å²) in [4.78, 5) is 0. The molecule has 0 aromatic carbocycles. The summed E-state index contributed by atoms with van der Waals surface area (Å²) in [6, 6.07) is 0. The minimum absolute atomic E-state index is 0.0403. The number of thiol groups is 1. The van der Waals surface area contributed by atoms with Crippen molar-refractivity contribution in [2.45, 2.75) is 45.8 Å². The summed E-state index contributed by atoms with van der Waals surface area (Å²) in [7, 11) is -3.92. The Morgan fingerprint density at radius 1 is 1.44 bits per heavy atom. The van der Waals surface area contributed by atoms with Gasteiger partial charge in [-0.25, -0.2) is 4.21 Å². The average molecular weight is 261 g/mol. The summed E-state index contributed by atoms with van der Waals surface area (Å²) in [5.41, 5.74) is 5.83. The van der Waals surface area contributed by atoms with Crippen molar-refractivity contribution in [1.82, 2.24) is 0 Å². The maximum Gasteiger partial charge on any atom is 0.193 e. The molecule has 0 aliphatic carbocycles. The van der Waals surface area contributed by atoms with Crippen LogP contribution in [-0.2, 0) is 10.6 Å². The lowest BCUT2D eigenvalue weighted by atomic mass is 10.2. The van der Waals surface area contributed by atoms with Crippen LogP contribution in [0.3, 0.4) is 0 Å². The van der Waals surface area contributed by atoms with Gasteiger partial charge in [0.05, 0.1) is 10.6 Å². The van der Waals surface area contributed by atoms with Crippen LogP contribution in [0.15, 0.2) is 15.8 Å². The molecule has 0 spiro atoms. The molecule has 0 bridgehead atoms. The van der Waals surface area contributed by atoms with E-state index in [1.54, 1.807) is 6.92 Å². The van der Waals surface area contributed by atoms with Crippen LogP contribution in [0.1, 0.15) is 27.7 Å². The lowest BCUT2D eigenvalue weighted by Gasteiger charge is -2.31. The first-order valence-electron chi connectivity index (χ1n) is 5.20. The summed E-state index contributed by atoms with van der Waals surface area (Å²) in [6.45, 7) is 12.1. The summed E-state index contributed by atoms with van der Waals surface area (Å²) in [6.07, 6.45) is 1.30. The zero-order chi connectivity index (χ0) is 13.1. The van der Waals surface area contributed by atoms with Crippen molar-refractivity contribution in [1.29, 1.82) is 5.41 Å². The van der Waals surface area contributed by atoms with Gasteiger partial charge in [0, 0.05) is 0 Å². The molecule has 3 N–H and O–H groups in total. The van der Waals surface area contributed by atoms with Gasteiger partial charge in [-0.15, -0.1) is 0 Å². The van der Waals surface area contributed by atoms with Crippen molar-refractivity contribution in [2.24, 2.45) is 9.76 Å². The van der Waals surface area contributed by atoms with E-state index >= 15 is 0 Å².